The maximum Gasteiger partial charge on any atom is 0.328 e. The van der Waals surface area contributed by atoms with E-state index >= 15 is 0 Å². The summed E-state index contributed by atoms with van der Waals surface area (Å²) in [7, 11) is 1.56. The molecule has 142 valence electrons. The minimum Gasteiger partial charge on any atom is -0.454 e. The first kappa shape index (κ1) is 20.1. The average molecular weight is 372 g/mol. The van der Waals surface area contributed by atoms with Crippen molar-refractivity contribution in [1.29, 1.82) is 0 Å². The minimum absolute atomic E-state index is 0.261. The molecule has 1 unspecified atom stereocenters. The summed E-state index contributed by atoms with van der Waals surface area (Å²) in [6.07, 6.45) is 0. The van der Waals surface area contributed by atoms with Gasteiger partial charge in [-0.15, -0.1) is 0 Å². The number of hydrogen-bond donors (Lipinski definition) is 1. The van der Waals surface area contributed by atoms with Crippen LogP contribution in [-0.4, -0.2) is 42.4 Å². The normalized spacial score (nSPS) is 11.4. The predicted molar refractivity (Wildman–Crippen MR) is 97.2 cm³/mol. The minimum atomic E-state index is -0.895. The van der Waals surface area contributed by atoms with Gasteiger partial charge in [-0.3, -0.25) is 9.59 Å². The zero-order valence-corrected chi connectivity index (χ0v) is 15.1. The molecule has 0 spiro atoms. The molecule has 6 nitrogen and oxygen atoms in total. The fourth-order valence-corrected chi connectivity index (χ4v) is 2.25. The van der Waals surface area contributed by atoms with Gasteiger partial charge in [-0.2, -0.15) is 0 Å². The van der Waals surface area contributed by atoms with Crippen LogP contribution in [0.1, 0.15) is 22.8 Å². The Morgan fingerprint density at radius 1 is 1.07 bits per heavy atom. The van der Waals surface area contributed by atoms with Gasteiger partial charge >= 0.3 is 5.97 Å². The van der Waals surface area contributed by atoms with E-state index in [1.807, 2.05) is 0 Å². The summed E-state index contributed by atoms with van der Waals surface area (Å²) in [6.45, 7) is 1.30. The van der Waals surface area contributed by atoms with Crippen LogP contribution in [0.25, 0.3) is 0 Å². The Bertz CT molecular complexity index is 793. The molecule has 1 N–H and O–H groups in total. The summed E-state index contributed by atoms with van der Waals surface area (Å²) >= 11 is 0. The first-order valence-corrected chi connectivity index (χ1v) is 8.38. The largest absolute Gasteiger partial charge is 0.454 e. The number of carbonyl (C=O) groups excluding carboxylic acids is 3. The van der Waals surface area contributed by atoms with E-state index in [1.54, 1.807) is 49.5 Å². The second-order valence-electron chi connectivity index (χ2n) is 6.05. The van der Waals surface area contributed by atoms with Crippen LogP contribution in [0.2, 0.25) is 0 Å². The second kappa shape index (κ2) is 9.47. The molecule has 0 fully saturated rings. The number of likely N-dealkylation sites (N-methyl/N-ethyl adjacent to an activating group) is 1. The number of rotatable bonds is 7. The van der Waals surface area contributed by atoms with Gasteiger partial charge in [0.2, 0.25) is 0 Å². The van der Waals surface area contributed by atoms with Crippen molar-refractivity contribution in [3.05, 3.63) is 71.5 Å². The topological polar surface area (TPSA) is 75.7 Å². The van der Waals surface area contributed by atoms with Crippen LogP contribution in [0.5, 0.6) is 0 Å². The van der Waals surface area contributed by atoms with Gasteiger partial charge in [0.25, 0.3) is 11.8 Å². The van der Waals surface area contributed by atoms with Crippen molar-refractivity contribution in [2.24, 2.45) is 0 Å². The molecule has 0 aromatic heterocycles. The molecule has 2 rings (SSSR count). The molecule has 0 saturated carbocycles. The third-order valence-corrected chi connectivity index (χ3v) is 3.83. The molecule has 0 aliphatic rings. The van der Waals surface area contributed by atoms with E-state index in [0.29, 0.717) is 5.56 Å². The molecule has 0 saturated heterocycles. The van der Waals surface area contributed by atoms with Gasteiger partial charge in [0.15, 0.2) is 6.61 Å². The molecule has 0 radical (unpaired) electrons. The number of esters is 1. The van der Waals surface area contributed by atoms with Crippen molar-refractivity contribution in [3.63, 3.8) is 0 Å². The van der Waals surface area contributed by atoms with Gasteiger partial charge in [-0.1, -0.05) is 30.3 Å². The lowest BCUT2D eigenvalue weighted by Crippen LogP contribution is -2.41. The zero-order chi connectivity index (χ0) is 19.8. The molecule has 7 heteroatoms. The fourth-order valence-electron chi connectivity index (χ4n) is 2.25. The number of ether oxygens (including phenoxy) is 1. The highest BCUT2D eigenvalue weighted by Crippen LogP contribution is 2.06. The lowest BCUT2D eigenvalue weighted by atomic mass is 10.2. The predicted octanol–water partition coefficient (Wildman–Crippen LogP) is 2.15. The Hall–Kier alpha value is -3.22. The molecule has 0 heterocycles. The van der Waals surface area contributed by atoms with Crippen LogP contribution in [0, 0.1) is 5.82 Å². The van der Waals surface area contributed by atoms with Crippen molar-refractivity contribution < 1.29 is 23.5 Å². The van der Waals surface area contributed by atoms with Crippen molar-refractivity contribution in [2.75, 3.05) is 13.7 Å². The molecular weight excluding hydrogens is 351 g/mol. The summed E-state index contributed by atoms with van der Waals surface area (Å²) in [5.74, 6) is -1.87. The second-order valence-corrected chi connectivity index (χ2v) is 6.05. The molecule has 1 atom stereocenters. The molecule has 0 aliphatic heterocycles. The highest BCUT2D eigenvalue weighted by atomic mass is 19.1. The quantitative estimate of drug-likeness (QED) is 0.756. The van der Waals surface area contributed by atoms with Crippen molar-refractivity contribution >= 4 is 17.8 Å². The van der Waals surface area contributed by atoms with Gasteiger partial charge in [0.1, 0.15) is 11.9 Å². The molecular formula is C20H21FN2O4. The molecule has 0 bridgehead atoms. The first-order valence-electron chi connectivity index (χ1n) is 8.38. The highest BCUT2D eigenvalue weighted by Gasteiger charge is 2.20. The van der Waals surface area contributed by atoms with Crippen LogP contribution >= 0.6 is 0 Å². The molecule has 0 aliphatic carbocycles. The Morgan fingerprint density at radius 3 is 2.33 bits per heavy atom. The Balaban J connectivity index is 1.78. The maximum absolute atomic E-state index is 12.9. The smallest absolute Gasteiger partial charge is 0.328 e. The fraction of sp³-hybridized carbons (Fsp3) is 0.250. The van der Waals surface area contributed by atoms with Crippen molar-refractivity contribution in [1.82, 2.24) is 10.2 Å². The number of carbonyl (C=O) groups is 3. The lowest BCUT2D eigenvalue weighted by Gasteiger charge is -2.18. The van der Waals surface area contributed by atoms with Crippen LogP contribution in [0.4, 0.5) is 4.39 Å². The summed E-state index contributed by atoms with van der Waals surface area (Å²) in [5, 5.41) is 2.52. The van der Waals surface area contributed by atoms with Gasteiger partial charge in [-0.05, 0) is 36.8 Å². The highest BCUT2D eigenvalue weighted by molar-refractivity contribution is 5.96. The number of hydrogen-bond acceptors (Lipinski definition) is 4. The van der Waals surface area contributed by atoms with Crippen LogP contribution in [0.3, 0.4) is 0 Å². The summed E-state index contributed by atoms with van der Waals surface area (Å²) in [4.78, 5) is 37.4. The van der Waals surface area contributed by atoms with E-state index in [0.717, 1.165) is 5.56 Å². The van der Waals surface area contributed by atoms with E-state index in [-0.39, 0.29) is 12.4 Å². The third-order valence-electron chi connectivity index (χ3n) is 3.83. The standard InChI is InChI=1S/C20H21FN2O4/c1-14(22-19(25)16-6-4-3-5-7-16)20(26)27-13-18(24)23(2)12-15-8-10-17(21)11-9-15/h3-11,14H,12-13H2,1-2H3,(H,22,25). The van der Waals surface area contributed by atoms with Crippen LogP contribution in [0.15, 0.2) is 54.6 Å². The van der Waals surface area contributed by atoms with Gasteiger partial charge in [0, 0.05) is 19.2 Å². The zero-order valence-electron chi connectivity index (χ0n) is 15.1. The van der Waals surface area contributed by atoms with Gasteiger partial charge in [0.05, 0.1) is 0 Å². The molecule has 27 heavy (non-hydrogen) atoms. The molecule has 2 aromatic rings. The van der Waals surface area contributed by atoms with Crippen molar-refractivity contribution in [3.8, 4) is 0 Å². The summed E-state index contributed by atoms with van der Waals surface area (Å²) in [6, 6.07) is 13.3. The number of benzene rings is 2. The number of halogens is 1. The lowest BCUT2D eigenvalue weighted by molar-refractivity contribution is -0.153. The average Bonchev–Trinajstić information content (AvgIpc) is 2.68. The van der Waals surface area contributed by atoms with E-state index in [2.05, 4.69) is 5.32 Å². The maximum atomic E-state index is 12.9. The summed E-state index contributed by atoms with van der Waals surface area (Å²) < 4.78 is 17.9. The van der Waals surface area contributed by atoms with E-state index in [9.17, 15) is 18.8 Å². The van der Waals surface area contributed by atoms with Gasteiger partial charge in [-0.25, -0.2) is 9.18 Å². The summed E-state index contributed by atoms with van der Waals surface area (Å²) in [5.41, 5.74) is 1.18. The van der Waals surface area contributed by atoms with Crippen molar-refractivity contribution in [2.45, 2.75) is 19.5 Å². The number of nitrogens with one attached hydrogen (secondary N) is 1. The molecule has 2 aromatic carbocycles. The molecule has 2 amide bonds. The first-order chi connectivity index (χ1) is 12.9. The SMILES string of the molecule is CC(NC(=O)c1ccccc1)C(=O)OCC(=O)N(C)Cc1ccc(F)cc1. The van der Waals surface area contributed by atoms with E-state index < -0.39 is 30.4 Å². The third kappa shape index (κ3) is 6.22. The van der Waals surface area contributed by atoms with Crippen LogP contribution < -0.4 is 5.32 Å². The Morgan fingerprint density at radius 2 is 1.70 bits per heavy atom. The number of amides is 2. The number of nitrogens with zero attached hydrogens (tertiary/aromatic N) is 1. The van der Waals surface area contributed by atoms with Gasteiger partial charge < -0.3 is 15.0 Å². The van der Waals surface area contributed by atoms with Crippen LogP contribution in [-0.2, 0) is 20.9 Å². The monoisotopic (exact) mass is 372 g/mol. The van der Waals surface area contributed by atoms with E-state index in [4.69, 9.17) is 4.74 Å². The van der Waals surface area contributed by atoms with E-state index in [1.165, 1.54) is 24.0 Å². The Labute approximate surface area is 156 Å². The Kier molecular flexibility index (Phi) is 7.05.